The maximum absolute atomic E-state index is 11.7. The lowest BCUT2D eigenvalue weighted by Crippen LogP contribution is -2.27. The first-order valence-corrected chi connectivity index (χ1v) is 6.30. The molecule has 0 saturated carbocycles. The summed E-state index contributed by atoms with van der Waals surface area (Å²) in [5, 5.41) is 12.3. The van der Waals surface area contributed by atoms with E-state index < -0.39 is 5.41 Å². The van der Waals surface area contributed by atoms with Crippen molar-refractivity contribution >= 4 is 43.5 Å². The highest BCUT2D eigenvalue weighted by atomic mass is 79.9. The first kappa shape index (κ1) is 13.5. The normalized spacial score (nSPS) is 11.3. The van der Waals surface area contributed by atoms with Crippen LogP contribution in [0.5, 0.6) is 5.75 Å². The highest BCUT2D eigenvalue weighted by molar-refractivity contribution is 9.11. The second-order valence-electron chi connectivity index (χ2n) is 4.49. The van der Waals surface area contributed by atoms with Crippen LogP contribution in [0.15, 0.2) is 21.1 Å². The van der Waals surface area contributed by atoms with Crippen LogP contribution < -0.4 is 5.32 Å². The lowest BCUT2D eigenvalue weighted by atomic mass is 9.95. The van der Waals surface area contributed by atoms with E-state index in [1.807, 2.05) is 20.8 Å². The smallest absolute Gasteiger partial charge is 0.229 e. The summed E-state index contributed by atoms with van der Waals surface area (Å²) in [5.74, 6) is 0.0470. The quantitative estimate of drug-likeness (QED) is 0.754. The molecule has 0 saturated heterocycles. The number of amides is 1. The molecular formula is C11H13Br2NO2. The van der Waals surface area contributed by atoms with Crippen molar-refractivity contribution in [1.29, 1.82) is 0 Å². The maximum atomic E-state index is 11.7. The van der Waals surface area contributed by atoms with E-state index in [0.717, 1.165) is 0 Å². The Kier molecular flexibility index (Phi) is 4.02. The third-order valence-electron chi connectivity index (χ3n) is 1.96. The van der Waals surface area contributed by atoms with Crippen LogP contribution in [0.4, 0.5) is 5.69 Å². The summed E-state index contributed by atoms with van der Waals surface area (Å²) < 4.78 is 1.07. The number of anilines is 1. The van der Waals surface area contributed by atoms with Gasteiger partial charge in [-0.3, -0.25) is 4.79 Å². The number of carbonyl (C=O) groups is 1. The summed E-state index contributed by atoms with van der Waals surface area (Å²) in [7, 11) is 0. The van der Waals surface area contributed by atoms with Crippen molar-refractivity contribution in [3.8, 4) is 5.75 Å². The molecule has 1 rings (SSSR count). The Balaban J connectivity index is 2.96. The molecule has 3 nitrogen and oxygen atoms in total. The maximum Gasteiger partial charge on any atom is 0.229 e. The number of rotatable bonds is 1. The van der Waals surface area contributed by atoms with E-state index in [1.165, 1.54) is 0 Å². The van der Waals surface area contributed by atoms with E-state index in [1.54, 1.807) is 12.1 Å². The van der Waals surface area contributed by atoms with Crippen molar-refractivity contribution in [2.24, 2.45) is 5.41 Å². The van der Waals surface area contributed by atoms with E-state index >= 15 is 0 Å². The van der Waals surface area contributed by atoms with Gasteiger partial charge in [-0.1, -0.05) is 20.8 Å². The summed E-state index contributed by atoms with van der Waals surface area (Å²) in [6.45, 7) is 5.52. The molecule has 2 N–H and O–H groups in total. The number of phenolic OH excluding ortho intramolecular Hbond substituents is 1. The van der Waals surface area contributed by atoms with E-state index in [0.29, 0.717) is 14.6 Å². The zero-order chi connectivity index (χ0) is 12.5. The molecule has 1 amide bonds. The number of hydrogen-bond donors (Lipinski definition) is 2. The summed E-state index contributed by atoms with van der Waals surface area (Å²) in [4.78, 5) is 11.7. The summed E-state index contributed by atoms with van der Waals surface area (Å²) in [6.07, 6.45) is 0. The molecule has 0 aliphatic carbocycles. The Bertz CT molecular complexity index is 401. The van der Waals surface area contributed by atoms with Gasteiger partial charge in [0, 0.05) is 11.1 Å². The Labute approximate surface area is 111 Å². The number of aromatic hydroxyl groups is 1. The number of benzene rings is 1. The Morgan fingerprint density at radius 3 is 2.06 bits per heavy atom. The van der Waals surface area contributed by atoms with Gasteiger partial charge in [0.2, 0.25) is 5.91 Å². The van der Waals surface area contributed by atoms with Crippen LogP contribution >= 0.6 is 31.9 Å². The van der Waals surface area contributed by atoms with E-state index in [-0.39, 0.29) is 11.7 Å². The zero-order valence-corrected chi connectivity index (χ0v) is 12.4. The molecule has 0 radical (unpaired) electrons. The van der Waals surface area contributed by atoms with Crippen LogP contribution in [-0.2, 0) is 4.79 Å². The standard InChI is InChI=1S/C11H13Br2NO2/c1-11(2,3)10(16)14-6-4-7(12)9(15)8(13)5-6/h4-5,15H,1-3H3,(H,14,16). The average Bonchev–Trinajstić information content (AvgIpc) is 2.12. The molecule has 0 aliphatic rings. The zero-order valence-electron chi connectivity index (χ0n) is 9.27. The van der Waals surface area contributed by atoms with Crippen molar-refractivity contribution in [2.75, 3.05) is 5.32 Å². The van der Waals surface area contributed by atoms with Crippen LogP contribution in [0.25, 0.3) is 0 Å². The second-order valence-corrected chi connectivity index (χ2v) is 6.20. The fraction of sp³-hybridized carbons (Fsp3) is 0.364. The highest BCUT2D eigenvalue weighted by Crippen LogP contribution is 2.35. The Hall–Kier alpha value is -0.550. The van der Waals surface area contributed by atoms with Crippen LogP contribution in [0, 0.1) is 5.41 Å². The topological polar surface area (TPSA) is 49.3 Å². The third-order valence-corrected chi connectivity index (χ3v) is 3.16. The first-order valence-electron chi connectivity index (χ1n) is 4.71. The van der Waals surface area contributed by atoms with E-state index in [2.05, 4.69) is 37.2 Å². The van der Waals surface area contributed by atoms with Crippen molar-refractivity contribution in [2.45, 2.75) is 20.8 Å². The molecule has 0 spiro atoms. The molecule has 1 aromatic rings. The average molecular weight is 351 g/mol. The van der Waals surface area contributed by atoms with Gasteiger partial charge < -0.3 is 10.4 Å². The largest absolute Gasteiger partial charge is 0.506 e. The SMILES string of the molecule is CC(C)(C)C(=O)Nc1cc(Br)c(O)c(Br)c1. The minimum absolute atomic E-state index is 0.0722. The van der Waals surface area contributed by atoms with Crippen LogP contribution in [0.1, 0.15) is 20.8 Å². The second kappa shape index (κ2) is 4.75. The lowest BCUT2D eigenvalue weighted by Gasteiger charge is -2.18. The fourth-order valence-electron chi connectivity index (χ4n) is 0.956. The van der Waals surface area contributed by atoms with E-state index in [9.17, 15) is 9.90 Å². The monoisotopic (exact) mass is 349 g/mol. The summed E-state index contributed by atoms with van der Waals surface area (Å²) >= 11 is 6.41. The van der Waals surface area contributed by atoms with Gasteiger partial charge >= 0.3 is 0 Å². The molecule has 0 aliphatic heterocycles. The molecule has 5 heteroatoms. The fourth-order valence-corrected chi connectivity index (χ4v) is 2.14. The number of halogens is 2. The van der Waals surface area contributed by atoms with Crippen molar-refractivity contribution in [3.63, 3.8) is 0 Å². The summed E-state index contributed by atoms with van der Waals surface area (Å²) in [5.41, 5.74) is 0.188. The predicted octanol–water partition coefficient (Wildman–Crippen LogP) is 3.90. The predicted molar refractivity (Wildman–Crippen MR) is 71.6 cm³/mol. The summed E-state index contributed by atoms with van der Waals surface area (Å²) in [6, 6.07) is 3.31. The van der Waals surface area contributed by atoms with Crippen molar-refractivity contribution in [1.82, 2.24) is 0 Å². The number of nitrogens with one attached hydrogen (secondary N) is 1. The van der Waals surface area contributed by atoms with Crippen LogP contribution in [-0.4, -0.2) is 11.0 Å². The third kappa shape index (κ3) is 3.22. The van der Waals surface area contributed by atoms with Gasteiger partial charge in [0.25, 0.3) is 0 Å². The molecular weight excluding hydrogens is 338 g/mol. The molecule has 0 unspecified atom stereocenters. The minimum Gasteiger partial charge on any atom is -0.506 e. The van der Waals surface area contributed by atoms with Crippen molar-refractivity contribution < 1.29 is 9.90 Å². The molecule has 1 aromatic carbocycles. The molecule has 0 fully saturated rings. The van der Waals surface area contributed by atoms with Gasteiger partial charge in [-0.15, -0.1) is 0 Å². The van der Waals surface area contributed by atoms with Gasteiger partial charge in [-0.2, -0.15) is 0 Å². The molecule has 88 valence electrons. The first-order chi connectivity index (χ1) is 7.21. The molecule has 0 bridgehead atoms. The molecule has 0 aromatic heterocycles. The molecule has 0 heterocycles. The van der Waals surface area contributed by atoms with Crippen molar-refractivity contribution in [3.05, 3.63) is 21.1 Å². The van der Waals surface area contributed by atoms with Gasteiger partial charge in [0.1, 0.15) is 5.75 Å². The van der Waals surface area contributed by atoms with Gasteiger partial charge in [0.15, 0.2) is 0 Å². The lowest BCUT2D eigenvalue weighted by molar-refractivity contribution is -0.123. The minimum atomic E-state index is -0.448. The van der Waals surface area contributed by atoms with E-state index in [4.69, 9.17) is 0 Å². The van der Waals surface area contributed by atoms with Crippen LogP contribution in [0.2, 0.25) is 0 Å². The highest BCUT2D eigenvalue weighted by Gasteiger charge is 2.21. The number of hydrogen-bond acceptors (Lipinski definition) is 2. The Morgan fingerprint density at radius 1 is 1.25 bits per heavy atom. The number of phenols is 1. The van der Waals surface area contributed by atoms with Gasteiger partial charge in [-0.05, 0) is 44.0 Å². The molecule has 0 atom stereocenters. The van der Waals surface area contributed by atoms with Gasteiger partial charge in [-0.25, -0.2) is 0 Å². The Morgan fingerprint density at radius 2 is 1.69 bits per heavy atom. The van der Waals surface area contributed by atoms with Crippen LogP contribution in [0.3, 0.4) is 0 Å². The number of carbonyl (C=O) groups excluding carboxylic acids is 1. The van der Waals surface area contributed by atoms with Gasteiger partial charge in [0.05, 0.1) is 8.95 Å². The molecule has 16 heavy (non-hydrogen) atoms.